The van der Waals surface area contributed by atoms with Crippen molar-refractivity contribution in [2.24, 2.45) is 16.8 Å². The predicted molar refractivity (Wildman–Crippen MR) is 185 cm³/mol. The lowest BCUT2D eigenvalue weighted by atomic mass is 9.88. The normalized spacial score (nSPS) is 17.8. The van der Waals surface area contributed by atoms with E-state index in [1.54, 1.807) is 29.0 Å². The van der Waals surface area contributed by atoms with E-state index in [1.807, 2.05) is 20.1 Å². The Kier molecular flexibility index (Phi) is 9.15. The van der Waals surface area contributed by atoms with Gasteiger partial charge in [0.15, 0.2) is 0 Å². The molecule has 0 radical (unpaired) electrons. The van der Waals surface area contributed by atoms with Crippen LogP contribution in [0, 0.1) is 11.8 Å². The van der Waals surface area contributed by atoms with Gasteiger partial charge < -0.3 is 14.8 Å². The van der Waals surface area contributed by atoms with Crippen molar-refractivity contribution in [1.29, 1.82) is 0 Å². The topological polar surface area (TPSA) is 129 Å². The van der Waals surface area contributed by atoms with E-state index >= 15 is 0 Å². The Morgan fingerprint density at radius 2 is 1.49 bits per heavy atom. The van der Waals surface area contributed by atoms with Gasteiger partial charge in [-0.15, -0.1) is 22.7 Å². The van der Waals surface area contributed by atoms with Crippen LogP contribution in [0.4, 0.5) is 11.5 Å². The Bertz CT molecular complexity index is 2020. The zero-order valence-corrected chi connectivity index (χ0v) is 28.4. The Morgan fingerprint density at radius 1 is 0.872 bits per heavy atom. The molecule has 0 bridgehead atoms. The fourth-order valence-corrected chi connectivity index (χ4v) is 9.35. The van der Waals surface area contributed by atoms with Gasteiger partial charge in [-0.05, 0) is 86.8 Å². The lowest BCUT2D eigenvalue weighted by Gasteiger charge is -2.20. The van der Waals surface area contributed by atoms with E-state index in [0.717, 1.165) is 82.6 Å². The molecule has 0 fully saturated rings. The van der Waals surface area contributed by atoms with Crippen molar-refractivity contribution in [1.82, 2.24) is 19.9 Å². The van der Waals surface area contributed by atoms with Crippen LogP contribution < -0.4 is 5.32 Å². The van der Waals surface area contributed by atoms with Crippen LogP contribution >= 0.6 is 34.3 Å². The summed E-state index contributed by atoms with van der Waals surface area (Å²) in [5.74, 6) is 0.553. The summed E-state index contributed by atoms with van der Waals surface area (Å²) < 4.78 is 10.3. The highest BCUT2D eigenvalue weighted by Crippen LogP contribution is 2.41. The fraction of sp³-hybridized carbons (Fsp3) is 0.382. The molecule has 0 spiro atoms. The van der Waals surface area contributed by atoms with Gasteiger partial charge in [-0.3, -0.25) is 14.6 Å². The molecular weight excluding hydrogens is 656 g/mol. The molecule has 4 aromatic heterocycles. The average Bonchev–Trinajstić information content (AvgIpc) is 3.80. The molecule has 1 N–H and O–H groups in total. The molecule has 5 aromatic rings. The maximum absolute atomic E-state index is 12.2. The first kappa shape index (κ1) is 31.6. The van der Waals surface area contributed by atoms with Gasteiger partial charge >= 0.3 is 11.9 Å². The second-order valence-corrected chi connectivity index (χ2v) is 14.2. The number of halogens is 1. The van der Waals surface area contributed by atoms with Crippen molar-refractivity contribution in [3.63, 3.8) is 0 Å². The van der Waals surface area contributed by atoms with Crippen LogP contribution in [0.15, 0.2) is 35.8 Å². The number of carbonyl (C=O) groups is 2. The molecule has 8 rings (SSSR count). The van der Waals surface area contributed by atoms with Crippen molar-refractivity contribution >= 4 is 84.4 Å². The second kappa shape index (κ2) is 13.6. The van der Waals surface area contributed by atoms with Crippen molar-refractivity contribution in [2.75, 3.05) is 18.5 Å². The van der Waals surface area contributed by atoms with E-state index in [0.29, 0.717) is 18.4 Å². The van der Waals surface area contributed by atoms with Gasteiger partial charge in [-0.2, -0.15) is 0 Å². The Labute approximate surface area is 284 Å². The quantitative estimate of drug-likeness (QED) is 0.147. The number of esters is 2. The number of aliphatic imine (C=N–C) groups is 1. The SMILES string of the molecule is CCOC(=O)[C@H]1CCc2c(sc3ncnc(Cl)c23)C1.CCOC(=O)[C@H]1CCc2c(sc3ncnc(Nc4ccc5c(c4)C=NC5)c23)C1. The second-order valence-electron chi connectivity index (χ2n) is 11.6. The summed E-state index contributed by atoms with van der Waals surface area (Å²) in [6, 6.07) is 6.28. The summed E-state index contributed by atoms with van der Waals surface area (Å²) in [6.45, 7) is 5.31. The molecule has 0 saturated carbocycles. The first-order valence-corrected chi connectivity index (χ1v) is 17.8. The van der Waals surface area contributed by atoms with Gasteiger partial charge in [-0.25, -0.2) is 19.9 Å². The number of benzene rings is 1. The van der Waals surface area contributed by atoms with E-state index in [1.165, 1.54) is 32.8 Å². The number of fused-ring (bicyclic) bond motifs is 7. The van der Waals surface area contributed by atoms with Crippen LogP contribution in [-0.4, -0.2) is 51.3 Å². The molecular formula is C34H33ClN6O4S2. The fourth-order valence-electron chi connectivity index (χ4n) is 6.52. The number of nitrogens with one attached hydrogen (secondary N) is 1. The predicted octanol–water partition coefficient (Wildman–Crippen LogP) is 7.05. The van der Waals surface area contributed by atoms with Crippen molar-refractivity contribution < 1.29 is 19.1 Å². The third-order valence-corrected chi connectivity index (χ3v) is 11.4. The minimum Gasteiger partial charge on any atom is -0.466 e. The minimum absolute atomic E-state index is 0.0350. The monoisotopic (exact) mass is 688 g/mol. The van der Waals surface area contributed by atoms with Gasteiger partial charge in [0.2, 0.25) is 0 Å². The molecule has 3 aliphatic rings. The number of thiophene rings is 2. The molecule has 242 valence electrons. The maximum atomic E-state index is 12.2. The smallest absolute Gasteiger partial charge is 0.309 e. The molecule has 0 unspecified atom stereocenters. The zero-order valence-electron chi connectivity index (χ0n) is 26.0. The third kappa shape index (κ3) is 6.33. The lowest BCUT2D eigenvalue weighted by molar-refractivity contribution is -0.149. The Hall–Kier alpha value is -4.00. The van der Waals surface area contributed by atoms with Gasteiger partial charge in [0.25, 0.3) is 0 Å². The standard InChI is InChI=1S/C21H20N4O2S.C13H13ClN2O2S/c1-2-27-21(26)12-4-6-16-17(8-12)28-20-18(16)19(23-11-24-20)25-15-5-3-13-9-22-10-14(13)7-15;1-2-18-13(17)7-3-4-8-9(5-7)19-12-10(8)11(14)15-6-16-12/h3,5,7,10-12H,2,4,6,8-9H2,1H3,(H,23,24,25);6-7H,2-5H2,1H3/t12-;7-/m00/s1. The van der Waals surface area contributed by atoms with E-state index in [2.05, 4.69) is 48.4 Å². The zero-order chi connectivity index (χ0) is 32.5. The summed E-state index contributed by atoms with van der Waals surface area (Å²) in [4.78, 5) is 49.9. The van der Waals surface area contributed by atoms with Gasteiger partial charge in [-0.1, -0.05) is 17.7 Å². The summed E-state index contributed by atoms with van der Waals surface area (Å²) >= 11 is 9.42. The summed E-state index contributed by atoms with van der Waals surface area (Å²) in [5, 5.41) is 6.03. The van der Waals surface area contributed by atoms with Crippen molar-refractivity contribution in [3.8, 4) is 0 Å². The van der Waals surface area contributed by atoms with Crippen LogP contribution in [0.5, 0.6) is 0 Å². The molecule has 13 heteroatoms. The van der Waals surface area contributed by atoms with Gasteiger partial charge in [0.1, 0.15) is 33.3 Å². The molecule has 2 aliphatic carbocycles. The number of aryl methyl sites for hydroxylation is 2. The number of ether oxygens (including phenoxy) is 2. The maximum Gasteiger partial charge on any atom is 0.309 e. The highest BCUT2D eigenvalue weighted by molar-refractivity contribution is 7.19. The molecule has 0 saturated heterocycles. The van der Waals surface area contributed by atoms with E-state index in [9.17, 15) is 9.59 Å². The number of anilines is 2. The number of nitrogens with zero attached hydrogens (tertiary/aromatic N) is 5. The van der Waals surface area contributed by atoms with Crippen LogP contribution in [0.3, 0.4) is 0 Å². The molecule has 0 amide bonds. The van der Waals surface area contributed by atoms with Crippen molar-refractivity contribution in [2.45, 2.75) is 58.9 Å². The number of hydrogen-bond donors (Lipinski definition) is 1. The summed E-state index contributed by atoms with van der Waals surface area (Å²) in [5.41, 5.74) is 5.88. The van der Waals surface area contributed by atoms with E-state index in [4.69, 9.17) is 21.1 Å². The third-order valence-electron chi connectivity index (χ3n) is 8.78. The van der Waals surface area contributed by atoms with Gasteiger partial charge in [0.05, 0.1) is 42.4 Å². The molecule has 1 aliphatic heterocycles. The molecule has 2 atom stereocenters. The molecule has 10 nitrogen and oxygen atoms in total. The van der Waals surface area contributed by atoms with Crippen LogP contribution in [0.2, 0.25) is 5.15 Å². The molecule has 47 heavy (non-hydrogen) atoms. The van der Waals surface area contributed by atoms with Crippen LogP contribution in [0.25, 0.3) is 20.4 Å². The molecule has 5 heterocycles. The van der Waals surface area contributed by atoms with E-state index < -0.39 is 0 Å². The summed E-state index contributed by atoms with van der Waals surface area (Å²) in [7, 11) is 0. The average molecular weight is 689 g/mol. The number of hydrogen-bond acceptors (Lipinski definition) is 12. The Balaban J connectivity index is 0.000000161. The number of aromatic nitrogens is 4. The van der Waals surface area contributed by atoms with Crippen LogP contribution in [0.1, 0.15) is 58.7 Å². The first-order chi connectivity index (χ1) is 22.9. The van der Waals surface area contributed by atoms with Gasteiger partial charge in [0, 0.05) is 21.7 Å². The Morgan fingerprint density at radius 3 is 2.15 bits per heavy atom. The first-order valence-electron chi connectivity index (χ1n) is 15.8. The highest BCUT2D eigenvalue weighted by atomic mass is 35.5. The van der Waals surface area contributed by atoms with Crippen LogP contribution in [-0.2, 0) is 51.3 Å². The minimum atomic E-state index is -0.0946. The largest absolute Gasteiger partial charge is 0.466 e. The number of rotatable bonds is 6. The number of carbonyl (C=O) groups excluding carboxylic acids is 2. The van der Waals surface area contributed by atoms with Crippen molar-refractivity contribution in [3.05, 3.63) is 68.0 Å². The highest BCUT2D eigenvalue weighted by Gasteiger charge is 2.31. The van der Waals surface area contributed by atoms with E-state index in [-0.39, 0.29) is 23.8 Å². The summed E-state index contributed by atoms with van der Waals surface area (Å²) in [6.07, 6.45) is 9.75. The lowest BCUT2D eigenvalue weighted by Crippen LogP contribution is -2.23. The molecule has 1 aromatic carbocycles.